The molecule has 0 amide bonds. The van der Waals surface area contributed by atoms with Crippen LogP contribution < -0.4 is 15.3 Å². The van der Waals surface area contributed by atoms with Gasteiger partial charge in [0.25, 0.3) is 0 Å². The second-order valence-electron chi connectivity index (χ2n) is 8.54. The number of hydrogen-bond donors (Lipinski definition) is 0. The summed E-state index contributed by atoms with van der Waals surface area (Å²) in [5.41, 5.74) is 8.57. The standard InChI is InChI=1S/C30H20NOP/c32-33-29-17-9-6-14-25(29)23-12-4-7-15-27(23)31(33)28-16-8-5-13-24(28)26-19-18-22(20-30(26)33)21-10-2-1-3-11-21/h1-20H. The lowest BCUT2D eigenvalue weighted by atomic mass is 9.97. The van der Waals surface area contributed by atoms with Crippen molar-refractivity contribution in [3.63, 3.8) is 0 Å². The lowest BCUT2D eigenvalue weighted by Gasteiger charge is -2.44. The van der Waals surface area contributed by atoms with E-state index in [1.807, 2.05) is 48.5 Å². The van der Waals surface area contributed by atoms with Gasteiger partial charge < -0.3 is 0 Å². The van der Waals surface area contributed by atoms with Gasteiger partial charge in [0.05, 0.1) is 11.4 Å². The number of nitrogens with zero attached hydrogens (tertiary/aromatic N) is 1. The van der Waals surface area contributed by atoms with Crippen LogP contribution >= 0.6 is 7.29 Å². The lowest BCUT2D eigenvalue weighted by molar-refractivity contribution is 0.586. The zero-order valence-corrected chi connectivity index (χ0v) is 18.7. The first-order chi connectivity index (χ1) is 16.3. The number of benzene rings is 5. The molecular weight excluding hydrogens is 421 g/mol. The van der Waals surface area contributed by atoms with Crippen molar-refractivity contribution in [3.8, 4) is 33.4 Å². The summed E-state index contributed by atoms with van der Waals surface area (Å²) in [6.07, 6.45) is 0. The third-order valence-electron chi connectivity index (χ3n) is 6.79. The summed E-state index contributed by atoms with van der Waals surface area (Å²) in [5.74, 6) is 0. The maximum absolute atomic E-state index is 15.5. The van der Waals surface area contributed by atoms with Crippen LogP contribution in [0, 0.1) is 0 Å². The molecule has 3 heteroatoms. The summed E-state index contributed by atoms with van der Waals surface area (Å²) in [4.78, 5) is 0. The minimum atomic E-state index is -3.18. The van der Waals surface area contributed by atoms with Crippen molar-refractivity contribution in [2.24, 2.45) is 0 Å². The van der Waals surface area contributed by atoms with E-state index < -0.39 is 7.29 Å². The highest BCUT2D eigenvalue weighted by molar-refractivity contribution is 7.81. The third kappa shape index (κ3) is 2.47. The molecule has 2 nitrogen and oxygen atoms in total. The van der Waals surface area contributed by atoms with Crippen molar-refractivity contribution in [3.05, 3.63) is 121 Å². The van der Waals surface area contributed by atoms with Crippen LogP contribution in [0.15, 0.2) is 121 Å². The van der Waals surface area contributed by atoms with Gasteiger partial charge in [0, 0.05) is 21.7 Å². The minimum Gasteiger partial charge on any atom is -0.289 e. The molecule has 2 heterocycles. The first-order valence-electron chi connectivity index (χ1n) is 11.2. The van der Waals surface area contributed by atoms with Gasteiger partial charge in [0.2, 0.25) is 7.29 Å². The van der Waals surface area contributed by atoms with Crippen LogP contribution in [0.1, 0.15) is 0 Å². The largest absolute Gasteiger partial charge is 0.289 e. The van der Waals surface area contributed by atoms with Crippen molar-refractivity contribution in [2.75, 3.05) is 4.67 Å². The second-order valence-corrected chi connectivity index (χ2v) is 11.1. The summed E-state index contributed by atoms with van der Waals surface area (Å²) < 4.78 is 17.6. The van der Waals surface area contributed by atoms with Crippen LogP contribution in [0.3, 0.4) is 0 Å². The van der Waals surface area contributed by atoms with Crippen molar-refractivity contribution in [1.29, 1.82) is 0 Å². The highest BCUT2D eigenvalue weighted by Gasteiger charge is 2.47. The van der Waals surface area contributed by atoms with Crippen LogP contribution in [-0.2, 0) is 4.57 Å². The van der Waals surface area contributed by atoms with Gasteiger partial charge in [-0.05, 0) is 46.5 Å². The Hall–Kier alpha value is -3.87. The molecule has 0 spiro atoms. The molecule has 0 N–H and O–H groups in total. The van der Waals surface area contributed by atoms with Gasteiger partial charge in [-0.25, -0.2) is 0 Å². The second kappa shape index (κ2) is 6.81. The zero-order chi connectivity index (χ0) is 22.0. The Balaban J connectivity index is 1.62. The van der Waals surface area contributed by atoms with E-state index in [0.717, 1.165) is 55.4 Å². The predicted molar refractivity (Wildman–Crippen MR) is 138 cm³/mol. The molecule has 156 valence electrons. The summed E-state index contributed by atoms with van der Waals surface area (Å²) >= 11 is 0. The molecule has 1 unspecified atom stereocenters. The van der Waals surface area contributed by atoms with Gasteiger partial charge in [-0.2, -0.15) is 0 Å². The molecule has 5 aromatic carbocycles. The van der Waals surface area contributed by atoms with Crippen LogP contribution in [-0.4, -0.2) is 0 Å². The number of rotatable bonds is 1. The molecule has 1 atom stereocenters. The van der Waals surface area contributed by atoms with Gasteiger partial charge >= 0.3 is 0 Å². The van der Waals surface area contributed by atoms with E-state index in [-0.39, 0.29) is 0 Å². The average molecular weight is 441 g/mol. The molecule has 0 bridgehead atoms. The van der Waals surface area contributed by atoms with E-state index >= 15 is 4.57 Å². The highest BCUT2D eigenvalue weighted by Crippen LogP contribution is 2.65. The fraction of sp³-hybridized carbons (Fsp3) is 0. The average Bonchev–Trinajstić information content (AvgIpc) is 2.89. The van der Waals surface area contributed by atoms with E-state index in [0.29, 0.717) is 0 Å². The Kier molecular flexibility index (Phi) is 3.86. The molecule has 0 fully saturated rings. The Morgan fingerprint density at radius 1 is 0.455 bits per heavy atom. The highest BCUT2D eigenvalue weighted by atomic mass is 31.2. The molecular formula is C30H20NOP. The third-order valence-corrected chi connectivity index (χ3v) is 9.85. The topological polar surface area (TPSA) is 20.3 Å². The smallest absolute Gasteiger partial charge is 0.235 e. The van der Waals surface area contributed by atoms with E-state index in [9.17, 15) is 0 Å². The van der Waals surface area contributed by atoms with Crippen LogP contribution in [0.4, 0.5) is 11.4 Å². The monoisotopic (exact) mass is 441 g/mol. The maximum atomic E-state index is 15.5. The number of fused-ring (bicyclic) bond motifs is 11. The summed E-state index contributed by atoms with van der Waals surface area (Å²) in [6.45, 7) is 0. The Morgan fingerprint density at radius 2 is 1.00 bits per heavy atom. The van der Waals surface area contributed by atoms with Crippen molar-refractivity contribution in [1.82, 2.24) is 0 Å². The minimum absolute atomic E-state index is 0.907. The van der Waals surface area contributed by atoms with Crippen LogP contribution in [0.2, 0.25) is 0 Å². The predicted octanol–water partition coefficient (Wildman–Crippen LogP) is 7.38. The van der Waals surface area contributed by atoms with E-state index in [1.165, 1.54) is 0 Å². The summed E-state index contributed by atoms with van der Waals surface area (Å²) in [6, 6.07) is 41.6. The van der Waals surface area contributed by atoms with Gasteiger partial charge in [-0.3, -0.25) is 9.24 Å². The molecule has 2 aliphatic heterocycles. The van der Waals surface area contributed by atoms with Crippen molar-refractivity contribution < 1.29 is 4.57 Å². The summed E-state index contributed by atoms with van der Waals surface area (Å²) in [5, 5.41) is 1.81. The van der Waals surface area contributed by atoms with Crippen molar-refractivity contribution in [2.45, 2.75) is 0 Å². The van der Waals surface area contributed by atoms with E-state index in [4.69, 9.17) is 0 Å². The fourth-order valence-electron chi connectivity index (χ4n) is 5.34. The molecule has 0 aliphatic carbocycles. The maximum Gasteiger partial charge on any atom is 0.235 e. The normalized spacial score (nSPS) is 17.3. The van der Waals surface area contributed by atoms with Gasteiger partial charge in [-0.1, -0.05) is 97.1 Å². The van der Waals surface area contributed by atoms with Crippen LogP contribution in [0.25, 0.3) is 33.4 Å². The summed E-state index contributed by atoms with van der Waals surface area (Å²) in [7, 11) is -3.18. The van der Waals surface area contributed by atoms with Crippen molar-refractivity contribution >= 4 is 29.3 Å². The molecule has 0 saturated heterocycles. The first-order valence-corrected chi connectivity index (χ1v) is 12.8. The fourth-order valence-corrected chi connectivity index (χ4v) is 8.63. The molecule has 0 aromatic heterocycles. The van der Waals surface area contributed by atoms with Gasteiger partial charge in [-0.15, -0.1) is 0 Å². The number of para-hydroxylation sites is 2. The van der Waals surface area contributed by atoms with E-state index in [2.05, 4.69) is 77.5 Å². The Labute approximate surface area is 193 Å². The number of anilines is 2. The van der Waals surface area contributed by atoms with Gasteiger partial charge in [0.15, 0.2) is 0 Å². The SMILES string of the molecule is O=P12c3ccccc3-c3ccccc3N1c1ccccc1-c1ccc(-c3ccccc3)cc12. The van der Waals surface area contributed by atoms with E-state index in [1.54, 1.807) is 0 Å². The molecule has 5 aromatic rings. The molecule has 0 saturated carbocycles. The zero-order valence-electron chi connectivity index (χ0n) is 17.8. The molecule has 33 heavy (non-hydrogen) atoms. The van der Waals surface area contributed by atoms with Gasteiger partial charge in [0.1, 0.15) is 0 Å². The Morgan fingerprint density at radius 3 is 1.70 bits per heavy atom. The first kappa shape index (κ1) is 18.7. The molecule has 2 aliphatic rings. The molecule has 0 radical (unpaired) electrons. The molecule has 7 rings (SSSR count). The number of hydrogen-bond acceptors (Lipinski definition) is 1. The quantitative estimate of drug-likeness (QED) is 0.253. The lowest BCUT2D eigenvalue weighted by Crippen LogP contribution is -2.37. The Bertz CT molecular complexity index is 1610. The van der Waals surface area contributed by atoms with Crippen LogP contribution in [0.5, 0.6) is 0 Å².